The second kappa shape index (κ2) is 6.69. The van der Waals surface area contributed by atoms with Crippen molar-refractivity contribution < 1.29 is 0 Å². The number of nitrogens with zero attached hydrogens (tertiary/aromatic N) is 2. The molecule has 0 fully saturated rings. The van der Waals surface area contributed by atoms with E-state index in [1.165, 1.54) is 5.69 Å². The normalized spacial score (nSPS) is 10.5. The minimum atomic E-state index is 0.895. The summed E-state index contributed by atoms with van der Waals surface area (Å²) in [5.74, 6) is 2.16. The number of nitrogens with one attached hydrogen (secondary N) is 1. The molecule has 15 heavy (non-hydrogen) atoms. The van der Waals surface area contributed by atoms with E-state index in [4.69, 9.17) is 0 Å². The maximum Gasteiger partial charge on any atom is 0.0597 e. The maximum atomic E-state index is 4.30. The molecular weight excluding hydrogens is 206 g/mol. The zero-order valence-corrected chi connectivity index (χ0v) is 10.3. The number of hydrogen-bond acceptors (Lipinski definition) is 3. The van der Waals surface area contributed by atoms with E-state index in [0.717, 1.165) is 30.3 Å². The van der Waals surface area contributed by atoms with Crippen molar-refractivity contribution in [3.8, 4) is 0 Å². The van der Waals surface area contributed by atoms with Gasteiger partial charge in [-0.25, -0.2) is 0 Å². The number of rotatable bonds is 7. The van der Waals surface area contributed by atoms with Crippen LogP contribution < -0.4 is 5.32 Å². The van der Waals surface area contributed by atoms with Crippen LogP contribution in [0, 0.1) is 6.92 Å². The van der Waals surface area contributed by atoms with Gasteiger partial charge in [-0.15, -0.1) is 6.58 Å². The van der Waals surface area contributed by atoms with Gasteiger partial charge in [0.15, 0.2) is 0 Å². The van der Waals surface area contributed by atoms with Gasteiger partial charge in [0, 0.05) is 31.6 Å². The smallest absolute Gasteiger partial charge is 0.0597 e. The van der Waals surface area contributed by atoms with Crippen molar-refractivity contribution >= 4 is 11.8 Å². The summed E-state index contributed by atoms with van der Waals surface area (Å²) in [6.07, 6.45) is 1.94. The fourth-order valence-electron chi connectivity index (χ4n) is 1.36. The average Bonchev–Trinajstić information content (AvgIpc) is 2.51. The molecule has 0 saturated carbocycles. The Bertz CT molecular complexity index is 307. The van der Waals surface area contributed by atoms with Crippen molar-refractivity contribution in [3.63, 3.8) is 0 Å². The van der Waals surface area contributed by atoms with Crippen LogP contribution in [0.1, 0.15) is 11.4 Å². The van der Waals surface area contributed by atoms with Gasteiger partial charge in [-0.2, -0.15) is 16.9 Å². The van der Waals surface area contributed by atoms with Gasteiger partial charge in [0.1, 0.15) is 0 Å². The number of aromatic nitrogens is 2. The van der Waals surface area contributed by atoms with Crippen molar-refractivity contribution in [2.75, 3.05) is 18.1 Å². The zero-order chi connectivity index (χ0) is 11.1. The molecule has 0 aromatic carbocycles. The molecule has 0 atom stereocenters. The lowest BCUT2D eigenvalue weighted by atomic mass is 10.3. The summed E-state index contributed by atoms with van der Waals surface area (Å²) >= 11 is 1.89. The van der Waals surface area contributed by atoms with Crippen LogP contribution in [0.5, 0.6) is 0 Å². The Morgan fingerprint density at radius 2 is 2.47 bits per heavy atom. The van der Waals surface area contributed by atoms with E-state index < -0.39 is 0 Å². The van der Waals surface area contributed by atoms with Gasteiger partial charge in [0.25, 0.3) is 0 Å². The lowest BCUT2D eigenvalue weighted by molar-refractivity contribution is 0.643. The Morgan fingerprint density at radius 3 is 3.07 bits per heavy atom. The molecular formula is C11H19N3S. The number of thioether (sulfide) groups is 1. The van der Waals surface area contributed by atoms with Gasteiger partial charge >= 0.3 is 0 Å². The van der Waals surface area contributed by atoms with Crippen LogP contribution in [0.2, 0.25) is 0 Å². The summed E-state index contributed by atoms with van der Waals surface area (Å²) in [7, 11) is 1.98. The van der Waals surface area contributed by atoms with Gasteiger partial charge in [0.05, 0.1) is 11.4 Å². The van der Waals surface area contributed by atoms with Crippen molar-refractivity contribution in [2.45, 2.75) is 13.5 Å². The molecule has 0 aliphatic carbocycles. The van der Waals surface area contributed by atoms with Gasteiger partial charge < -0.3 is 5.32 Å². The highest BCUT2D eigenvalue weighted by Crippen LogP contribution is 2.01. The Hall–Kier alpha value is -0.740. The summed E-state index contributed by atoms with van der Waals surface area (Å²) in [4.78, 5) is 0. The van der Waals surface area contributed by atoms with Gasteiger partial charge in [-0.1, -0.05) is 6.08 Å². The Morgan fingerprint density at radius 1 is 1.67 bits per heavy atom. The van der Waals surface area contributed by atoms with Gasteiger partial charge in [-0.3, -0.25) is 4.68 Å². The van der Waals surface area contributed by atoms with Crippen LogP contribution in [-0.4, -0.2) is 27.8 Å². The van der Waals surface area contributed by atoms with Gasteiger partial charge in [0.2, 0.25) is 0 Å². The summed E-state index contributed by atoms with van der Waals surface area (Å²) in [6.45, 7) is 7.63. The molecule has 0 spiro atoms. The molecule has 1 N–H and O–H groups in total. The minimum Gasteiger partial charge on any atom is -0.310 e. The first-order chi connectivity index (χ1) is 7.24. The second-order valence-electron chi connectivity index (χ2n) is 3.44. The van der Waals surface area contributed by atoms with E-state index in [0.29, 0.717) is 0 Å². The Balaban J connectivity index is 2.14. The van der Waals surface area contributed by atoms with Gasteiger partial charge in [-0.05, 0) is 13.0 Å². The molecule has 1 aromatic heterocycles. The second-order valence-corrected chi connectivity index (χ2v) is 4.59. The predicted octanol–water partition coefficient (Wildman–Crippen LogP) is 1.74. The Labute approximate surface area is 95.9 Å². The molecule has 0 bridgehead atoms. The van der Waals surface area contributed by atoms with Crippen LogP contribution in [0.3, 0.4) is 0 Å². The molecule has 0 radical (unpaired) electrons. The molecule has 3 nitrogen and oxygen atoms in total. The lowest BCUT2D eigenvalue weighted by Crippen LogP contribution is -2.18. The van der Waals surface area contributed by atoms with E-state index >= 15 is 0 Å². The maximum absolute atomic E-state index is 4.30. The molecule has 0 amide bonds. The molecule has 0 unspecified atom stereocenters. The molecule has 4 heteroatoms. The number of hydrogen-bond donors (Lipinski definition) is 1. The summed E-state index contributed by atoms with van der Waals surface area (Å²) in [6, 6.07) is 2.11. The van der Waals surface area contributed by atoms with Crippen LogP contribution in [0.25, 0.3) is 0 Å². The molecule has 84 valence electrons. The van der Waals surface area contributed by atoms with E-state index in [1.54, 1.807) is 0 Å². The zero-order valence-electron chi connectivity index (χ0n) is 9.49. The van der Waals surface area contributed by atoms with E-state index in [2.05, 4.69) is 23.1 Å². The molecule has 1 heterocycles. The van der Waals surface area contributed by atoms with Crippen molar-refractivity contribution in [3.05, 3.63) is 30.1 Å². The predicted molar refractivity (Wildman–Crippen MR) is 67.2 cm³/mol. The van der Waals surface area contributed by atoms with E-state index in [-0.39, 0.29) is 0 Å². The van der Waals surface area contributed by atoms with Crippen molar-refractivity contribution in [2.24, 2.45) is 7.05 Å². The molecule has 1 rings (SSSR count). The molecule has 0 saturated heterocycles. The Kier molecular flexibility index (Phi) is 5.50. The third kappa shape index (κ3) is 4.53. The summed E-state index contributed by atoms with van der Waals surface area (Å²) < 4.78 is 1.93. The third-order valence-electron chi connectivity index (χ3n) is 2.06. The fraction of sp³-hybridized carbons (Fsp3) is 0.545. The highest BCUT2D eigenvalue weighted by atomic mass is 32.2. The topological polar surface area (TPSA) is 29.9 Å². The third-order valence-corrected chi connectivity index (χ3v) is 3.03. The van der Waals surface area contributed by atoms with E-state index in [9.17, 15) is 0 Å². The van der Waals surface area contributed by atoms with Crippen LogP contribution in [-0.2, 0) is 13.6 Å². The standard InChI is InChI=1S/C11H19N3S/c1-4-6-15-7-5-12-9-11-8-10(2)13-14(11)3/h4,8,12H,1,5-7,9H2,2-3H3. The first-order valence-corrected chi connectivity index (χ1v) is 6.28. The highest BCUT2D eigenvalue weighted by molar-refractivity contribution is 7.99. The number of aryl methyl sites for hydroxylation is 2. The van der Waals surface area contributed by atoms with Crippen LogP contribution >= 0.6 is 11.8 Å². The lowest BCUT2D eigenvalue weighted by Gasteiger charge is -2.04. The van der Waals surface area contributed by atoms with Crippen molar-refractivity contribution in [1.82, 2.24) is 15.1 Å². The van der Waals surface area contributed by atoms with E-state index in [1.807, 2.05) is 36.5 Å². The fourth-order valence-corrected chi connectivity index (χ4v) is 1.98. The van der Waals surface area contributed by atoms with Crippen LogP contribution in [0.15, 0.2) is 18.7 Å². The minimum absolute atomic E-state index is 0.895. The SMILES string of the molecule is C=CCSCCNCc1cc(C)nn1C. The molecule has 0 aliphatic heterocycles. The molecule has 0 aliphatic rings. The quantitative estimate of drug-likeness (QED) is 0.566. The van der Waals surface area contributed by atoms with Crippen LogP contribution in [0.4, 0.5) is 0 Å². The summed E-state index contributed by atoms with van der Waals surface area (Å²) in [5, 5.41) is 7.70. The van der Waals surface area contributed by atoms with Crippen molar-refractivity contribution in [1.29, 1.82) is 0 Å². The largest absolute Gasteiger partial charge is 0.310 e. The monoisotopic (exact) mass is 225 g/mol. The summed E-state index contributed by atoms with van der Waals surface area (Å²) in [5.41, 5.74) is 2.32. The molecule has 1 aromatic rings. The average molecular weight is 225 g/mol. The first kappa shape index (κ1) is 12.3. The first-order valence-electron chi connectivity index (χ1n) is 5.13. The highest BCUT2D eigenvalue weighted by Gasteiger charge is 2.00.